The van der Waals surface area contributed by atoms with E-state index in [1.54, 1.807) is 25.0 Å². The first-order chi connectivity index (χ1) is 13.4. The standard InChI is InChI=1S/C21H24N4O3/c1-11-8-17(27-4)18(28-5)10-15(11)23-21(26)14-9-16(13-6-7-13)22-20-19(14)12(2)24-25(20)3/h8-10,13H,6-7H2,1-5H3,(H,23,26). The van der Waals surface area contributed by atoms with Gasteiger partial charge < -0.3 is 14.8 Å². The lowest BCUT2D eigenvalue weighted by Crippen LogP contribution is -2.14. The van der Waals surface area contributed by atoms with Crippen molar-refractivity contribution in [1.29, 1.82) is 0 Å². The summed E-state index contributed by atoms with van der Waals surface area (Å²) in [7, 11) is 5.03. The van der Waals surface area contributed by atoms with Crippen molar-refractivity contribution in [3.8, 4) is 11.5 Å². The van der Waals surface area contributed by atoms with Gasteiger partial charge in [0.1, 0.15) is 0 Å². The van der Waals surface area contributed by atoms with Crippen LogP contribution in [0.3, 0.4) is 0 Å². The molecule has 1 aliphatic carbocycles. The Hall–Kier alpha value is -3.09. The van der Waals surface area contributed by atoms with Gasteiger partial charge in [0, 0.05) is 30.4 Å². The predicted molar refractivity (Wildman–Crippen MR) is 107 cm³/mol. The number of pyridine rings is 1. The first kappa shape index (κ1) is 18.3. The van der Waals surface area contributed by atoms with E-state index in [4.69, 9.17) is 14.5 Å². The van der Waals surface area contributed by atoms with E-state index in [0.717, 1.165) is 40.8 Å². The number of nitrogens with zero attached hydrogens (tertiary/aromatic N) is 3. The van der Waals surface area contributed by atoms with Crippen LogP contribution in [0.25, 0.3) is 11.0 Å². The van der Waals surface area contributed by atoms with Crippen molar-refractivity contribution in [3.05, 3.63) is 40.7 Å². The molecule has 0 aliphatic heterocycles. The number of ether oxygens (including phenoxy) is 2. The van der Waals surface area contributed by atoms with Gasteiger partial charge >= 0.3 is 0 Å². The van der Waals surface area contributed by atoms with Crippen molar-refractivity contribution < 1.29 is 14.3 Å². The summed E-state index contributed by atoms with van der Waals surface area (Å²) in [6.07, 6.45) is 2.23. The predicted octanol–water partition coefficient (Wildman–Crippen LogP) is 3.73. The smallest absolute Gasteiger partial charge is 0.256 e. The Bertz CT molecular complexity index is 1080. The summed E-state index contributed by atoms with van der Waals surface area (Å²) in [6.45, 7) is 3.82. The highest BCUT2D eigenvalue weighted by Crippen LogP contribution is 2.40. The molecule has 0 saturated heterocycles. The Kier molecular flexibility index (Phi) is 4.45. The maximum Gasteiger partial charge on any atom is 0.256 e. The minimum atomic E-state index is -0.180. The zero-order valence-electron chi connectivity index (χ0n) is 16.8. The Balaban J connectivity index is 1.77. The molecule has 7 nitrogen and oxygen atoms in total. The quantitative estimate of drug-likeness (QED) is 0.730. The largest absolute Gasteiger partial charge is 0.493 e. The Morgan fingerprint density at radius 2 is 1.82 bits per heavy atom. The fourth-order valence-corrected chi connectivity index (χ4v) is 3.54. The van der Waals surface area contributed by atoms with Gasteiger partial charge in [-0.25, -0.2) is 4.98 Å². The summed E-state index contributed by atoms with van der Waals surface area (Å²) in [5.41, 5.74) is 4.68. The number of methoxy groups -OCH3 is 2. The molecule has 1 fully saturated rings. The third kappa shape index (κ3) is 3.06. The molecule has 1 aliphatic rings. The summed E-state index contributed by atoms with van der Waals surface area (Å²) < 4.78 is 12.4. The molecule has 1 saturated carbocycles. The molecule has 0 unspecified atom stereocenters. The fourth-order valence-electron chi connectivity index (χ4n) is 3.54. The van der Waals surface area contributed by atoms with E-state index >= 15 is 0 Å². The average Bonchev–Trinajstić information content (AvgIpc) is 3.49. The van der Waals surface area contributed by atoms with E-state index < -0.39 is 0 Å². The van der Waals surface area contributed by atoms with Crippen LogP contribution in [0.1, 0.15) is 46.1 Å². The number of aryl methyl sites for hydroxylation is 3. The maximum absolute atomic E-state index is 13.2. The Morgan fingerprint density at radius 3 is 2.46 bits per heavy atom. The minimum absolute atomic E-state index is 0.180. The molecule has 1 N–H and O–H groups in total. The highest BCUT2D eigenvalue weighted by Gasteiger charge is 2.28. The maximum atomic E-state index is 13.2. The monoisotopic (exact) mass is 380 g/mol. The van der Waals surface area contributed by atoms with Gasteiger partial charge in [-0.3, -0.25) is 9.48 Å². The molecule has 146 valence electrons. The first-order valence-corrected chi connectivity index (χ1v) is 9.31. The lowest BCUT2D eigenvalue weighted by Gasteiger charge is -2.14. The molecular weight excluding hydrogens is 356 g/mol. The van der Waals surface area contributed by atoms with E-state index in [9.17, 15) is 4.79 Å². The van der Waals surface area contributed by atoms with Crippen LogP contribution in [-0.2, 0) is 7.05 Å². The van der Waals surface area contributed by atoms with E-state index in [1.165, 1.54) is 0 Å². The van der Waals surface area contributed by atoms with Crippen LogP contribution in [0.5, 0.6) is 11.5 Å². The van der Waals surface area contributed by atoms with Gasteiger partial charge in [0.15, 0.2) is 17.1 Å². The molecule has 28 heavy (non-hydrogen) atoms. The molecular formula is C21H24N4O3. The van der Waals surface area contributed by atoms with Crippen molar-refractivity contribution in [2.24, 2.45) is 7.05 Å². The summed E-state index contributed by atoms with van der Waals surface area (Å²) in [4.78, 5) is 18.0. The lowest BCUT2D eigenvalue weighted by atomic mass is 10.1. The normalized spacial score (nSPS) is 13.6. The van der Waals surface area contributed by atoms with Crippen LogP contribution >= 0.6 is 0 Å². The van der Waals surface area contributed by atoms with Crippen LogP contribution < -0.4 is 14.8 Å². The van der Waals surface area contributed by atoms with Gasteiger partial charge in [-0.2, -0.15) is 5.10 Å². The molecule has 3 aromatic rings. The van der Waals surface area contributed by atoms with Crippen LogP contribution in [0, 0.1) is 13.8 Å². The second kappa shape index (κ2) is 6.82. The zero-order chi connectivity index (χ0) is 20.0. The number of amides is 1. The van der Waals surface area contributed by atoms with Gasteiger partial charge in [-0.1, -0.05) is 0 Å². The number of hydrogen-bond donors (Lipinski definition) is 1. The van der Waals surface area contributed by atoms with Crippen LogP contribution in [0.4, 0.5) is 5.69 Å². The molecule has 0 atom stereocenters. The zero-order valence-corrected chi connectivity index (χ0v) is 16.8. The highest BCUT2D eigenvalue weighted by atomic mass is 16.5. The average molecular weight is 380 g/mol. The van der Waals surface area contributed by atoms with Crippen LogP contribution in [0.15, 0.2) is 18.2 Å². The summed E-state index contributed by atoms with van der Waals surface area (Å²) in [5, 5.41) is 8.29. The summed E-state index contributed by atoms with van der Waals surface area (Å²) >= 11 is 0. The highest BCUT2D eigenvalue weighted by molar-refractivity contribution is 6.13. The SMILES string of the molecule is COc1cc(C)c(NC(=O)c2cc(C3CC3)nc3c2c(C)nn3C)cc1OC. The molecule has 7 heteroatoms. The van der Waals surface area contributed by atoms with Crippen LogP contribution in [0.2, 0.25) is 0 Å². The van der Waals surface area contributed by atoms with Crippen molar-refractivity contribution in [3.63, 3.8) is 0 Å². The van der Waals surface area contributed by atoms with Gasteiger partial charge in [0.25, 0.3) is 5.91 Å². The van der Waals surface area contributed by atoms with E-state index in [1.807, 2.05) is 33.0 Å². The van der Waals surface area contributed by atoms with Crippen molar-refractivity contribution in [2.75, 3.05) is 19.5 Å². The van der Waals surface area contributed by atoms with Gasteiger partial charge in [-0.05, 0) is 44.4 Å². The number of hydrogen-bond acceptors (Lipinski definition) is 5. The summed E-state index contributed by atoms with van der Waals surface area (Å²) in [5.74, 6) is 1.46. The second-order valence-corrected chi connectivity index (χ2v) is 7.25. The number of anilines is 1. The number of nitrogens with one attached hydrogen (secondary N) is 1. The molecule has 1 amide bonds. The third-order valence-electron chi connectivity index (χ3n) is 5.21. The van der Waals surface area contributed by atoms with Crippen LogP contribution in [-0.4, -0.2) is 34.9 Å². The number of aromatic nitrogens is 3. The Morgan fingerprint density at radius 1 is 1.14 bits per heavy atom. The third-order valence-corrected chi connectivity index (χ3v) is 5.21. The van der Waals surface area contributed by atoms with Gasteiger partial charge in [0.05, 0.1) is 30.9 Å². The molecule has 1 aromatic carbocycles. The van der Waals surface area contributed by atoms with Gasteiger partial charge in [0.2, 0.25) is 0 Å². The molecule has 0 radical (unpaired) electrons. The number of carbonyl (C=O) groups is 1. The van der Waals surface area contributed by atoms with E-state index in [0.29, 0.717) is 28.7 Å². The number of benzene rings is 1. The number of fused-ring (bicyclic) bond motifs is 1. The van der Waals surface area contributed by atoms with E-state index in [2.05, 4.69) is 10.4 Å². The second-order valence-electron chi connectivity index (χ2n) is 7.25. The van der Waals surface area contributed by atoms with E-state index in [-0.39, 0.29) is 5.91 Å². The molecule has 0 bridgehead atoms. The Labute approximate surface area is 163 Å². The summed E-state index contributed by atoms with van der Waals surface area (Å²) in [6, 6.07) is 5.55. The fraction of sp³-hybridized carbons (Fsp3) is 0.381. The number of rotatable bonds is 5. The lowest BCUT2D eigenvalue weighted by molar-refractivity contribution is 0.102. The van der Waals surface area contributed by atoms with Crippen molar-refractivity contribution >= 4 is 22.6 Å². The molecule has 2 heterocycles. The first-order valence-electron chi connectivity index (χ1n) is 9.31. The number of carbonyl (C=O) groups excluding carboxylic acids is 1. The topological polar surface area (TPSA) is 78.3 Å². The van der Waals surface area contributed by atoms with Crippen molar-refractivity contribution in [1.82, 2.24) is 14.8 Å². The minimum Gasteiger partial charge on any atom is -0.493 e. The van der Waals surface area contributed by atoms with Crippen molar-refractivity contribution in [2.45, 2.75) is 32.6 Å². The molecule has 2 aromatic heterocycles. The molecule has 0 spiro atoms. The molecule has 4 rings (SSSR count). The van der Waals surface area contributed by atoms with Gasteiger partial charge in [-0.15, -0.1) is 0 Å².